The number of benzene rings is 3. The van der Waals surface area contributed by atoms with E-state index in [1.54, 1.807) is 0 Å². The van der Waals surface area contributed by atoms with Crippen LogP contribution in [0.5, 0.6) is 0 Å². The maximum atomic E-state index is 5.16. The Morgan fingerprint density at radius 2 is 1.00 bits per heavy atom. The number of fused-ring (bicyclic) bond motifs is 6. The van der Waals surface area contributed by atoms with Gasteiger partial charge in [-0.3, -0.25) is 0 Å². The van der Waals surface area contributed by atoms with Crippen molar-refractivity contribution in [3.8, 4) is 33.8 Å². The van der Waals surface area contributed by atoms with Crippen molar-refractivity contribution in [2.45, 2.75) is 12.8 Å². The number of hydrogen-bond acceptors (Lipinski definition) is 4. The smallest absolute Gasteiger partial charge is 0.0972 e. The third kappa shape index (κ3) is 4.58. The van der Waals surface area contributed by atoms with E-state index in [0.29, 0.717) is 0 Å². The Labute approximate surface area is 266 Å². The SMILES string of the molecule is c1cc(-c2ccc3ccc4ccc(C5=CCCC=C5)nc4c3n2)cc(-c2ccc3ccc4ccc(-c5ccccc5)nc4c3n2)c#1. The van der Waals surface area contributed by atoms with Crippen LogP contribution < -0.4 is 0 Å². The Morgan fingerprint density at radius 1 is 0.478 bits per heavy atom. The third-order valence-corrected chi connectivity index (χ3v) is 8.71. The third-order valence-electron chi connectivity index (χ3n) is 8.71. The molecule has 4 nitrogen and oxygen atoms in total. The number of hydrogen-bond donors (Lipinski definition) is 0. The Bertz CT molecular complexity index is 2530. The second-order valence-corrected chi connectivity index (χ2v) is 11.6. The van der Waals surface area contributed by atoms with Crippen LogP contribution in [0.15, 0.2) is 133 Å². The molecule has 0 bridgehead atoms. The normalized spacial score (nSPS) is 12.9. The second-order valence-electron chi connectivity index (χ2n) is 11.6. The lowest BCUT2D eigenvalue weighted by atomic mass is 10.0. The van der Waals surface area contributed by atoms with Gasteiger partial charge in [0.05, 0.1) is 50.4 Å². The van der Waals surface area contributed by atoms with E-state index in [0.717, 1.165) is 95.9 Å². The minimum Gasteiger partial charge on any atom is -0.246 e. The van der Waals surface area contributed by atoms with Crippen LogP contribution >= 0.6 is 0 Å². The first-order valence-corrected chi connectivity index (χ1v) is 15.5. The van der Waals surface area contributed by atoms with Gasteiger partial charge in [-0.1, -0.05) is 109 Å². The summed E-state index contributed by atoms with van der Waals surface area (Å²) in [5.41, 5.74) is 11.2. The highest BCUT2D eigenvalue weighted by molar-refractivity contribution is 6.05. The van der Waals surface area contributed by atoms with E-state index in [2.05, 4.69) is 115 Å². The molecule has 0 fully saturated rings. The molecule has 0 amide bonds. The van der Waals surface area contributed by atoms with Gasteiger partial charge in [-0.2, -0.15) is 0 Å². The van der Waals surface area contributed by atoms with Gasteiger partial charge in [0.1, 0.15) is 0 Å². The van der Waals surface area contributed by atoms with Crippen LogP contribution in [0.1, 0.15) is 18.5 Å². The number of rotatable bonds is 4. The van der Waals surface area contributed by atoms with Gasteiger partial charge >= 0.3 is 0 Å². The molecule has 0 aliphatic heterocycles. The summed E-state index contributed by atoms with van der Waals surface area (Å²) in [6.45, 7) is 0. The molecule has 1 aliphatic rings. The molecule has 46 heavy (non-hydrogen) atoms. The topological polar surface area (TPSA) is 51.6 Å². The van der Waals surface area contributed by atoms with E-state index in [4.69, 9.17) is 19.9 Å². The summed E-state index contributed by atoms with van der Waals surface area (Å²) in [6, 6.07) is 46.0. The van der Waals surface area contributed by atoms with E-state index in [9.17, 15) is 0 Å². The molecule has 0 N–H and O–H groups in total. The quantitative estimate of drug-likeness (QED) is 0.193. The Hall–Kier alpha value is -6.18. The average Bonchev–Trinajstić information content (AvgIpc) is 3.14. The molecule has 0 atom stereocenters. The maximum absolute atomic E-state index is 5.16. The van der Waals surface area contributed by atoms with E-state index in [-0.39, 0.29) is 0 Å². The van der Waals surface area contributed by atoms with Crippen molar-refractivity contribution in [3.63, 3.8) is 0 Å². The Balaban J connectivity index is 1.14. The molecule has 4 aromatic heterocycles. The van der Waals surface area contributed by atoms with E-state index >= 15 is 0 Å². The first kappa shape index (κ1) is 26.2. The standard InChI is InChI=1S/C42H26N4/c1-3-8-27(9-4-1)35-22-18-29-14-16-31-20-24-37(45-41(31)39(29)43-35)33-12-7-13-34(26-33)38-25-21-32-17-15-30-19-23-36(28-10-5-2-6-11-28)44-40(30)42(32)46-38/h1,3-5,8-11,13-26H,2,6H2. The van der Waals surface area contributed by atoms with Crippen LogP contribution in [0.4, 0.5) is 0 Å². The lowest BCUT2D eigenvalue weighted by molar-refractivity contribution is 1.04. The van der Waals surface area contributed by atoms with Gasteiger partial charge < -0.3 is 0 Å². The summed E-state index contributed by atoms with van der Waals surface area (Å²) in [5, 5.41) is 4.24. The molecule has 0 spiro atoms. The predicted octanol–water partition coefficient (Wildman–Crippen LogP) is 10.2. The van der Waals surface area contributed by atoms with Crippen molar-refractivity contribution in [2.24, 2.45) is 0 Å². The summed E-state index contributed by atoms with van der Waals surface area (Å²) < 4.78 is 0. The van der Waals surface area contributed by atoms with Gasteiger partial charge in [0.2, 0.25) is 0 Å². The van der Waals surface area contributed by atoms with Crippen LogP contribution in [0.25, 0.3) is 83.0 Å². The molecule has 8 aromatic rings. The lowest BCUT2D eigenvalue weighted by Gasteiger charge is -2.10. The molecule has 4 aromatic carbocycles. The molecule has 4 heterocycles. The zero-order valence-corrected chi connectivity index (χ0v) is 24.9. The fourth-order valence-electron chi connectivity index (χ4n) is 6.29. The largest absolute Gasteiger partial charge is 0.246 e. The molecule has 4 heteroatoms. The monoisotopic (exact) mass is 586 g/mol. The summed E-state index contributed by atoms with van der Waals surface area (Å²) in [7, 11) is 0. The molecule has 214 valence electrons. The average molecular weight is 587 g/mol. The Morgan fingerprint density at radius 3 is 1.61 bits per heavy atom. The van der Waals surface area contributed by atoms with Gasteiger partial charge in [0.15, 0.2) is 0 Å². The molecule has 9 rings (SSSR count). The van der Waals surface area contributed by atoms with Crippen molar-refractivity contribution >= 4 is 49.2 Å². The van der Waals surface area contributed by atoms with Crippen LogP contribution in [0, 0.1) is 12.1 Å². The zero-order chi connectivity index (χ0) is 30.5. The minimum absolute atomic E-state index is 0.816. The second kappa shape index (κ2) is 10.8. The van der Waals surface area contributed by atoms with Crippen molar-refractivity contribution in [2.75, 3.05) is 0 Å². The summed E-state index contributed by atoms with van der Waals surface area (Å²) >= 11 is 0. The van der Waals surface area contributed by atoms with Crippen molar-refractivity contribution in [3.05, 3.63) is 151 Å². The number of nitrogens with zero attached hydrogens (tertiary/aromatic N) is 4. The summed E-state index contributed by atoms with van der Waals surface area (Å²) in [4.78, 5) is 20.4. The number of pyridine rings is 4. The van der Waals surface area contributed by atoms with E-state index in [1.165, 1.54) is 5.57 Å². The lowest BCUT2D eigenvalue weighted by Crippen LogP contribution is -1.94. The molecule has 0 saturated heterocycles. The number of allylic oxidation sites excluding steroid dienone is 4. The first-order valence-electron chi connectivity index (χ1n) is 15.5. The number of aromatic nitrogens is 4. The molecular weight excluding hydrogens is 560 g/mol. The van der Waals surface area contributed by atoms with Gasteiger partial charge in [-0.15, -0.1) is 0 Å². The van der Waals surface area contributed by atoms with Crippen LogP contribution in [-0.2, 0) is 0 Å². The highest BCUT2D eigenvalue weighted by Gasteiger charge is 2.12. The molecular formula is C42H26N4. The van der Waals surface area contributed by atoms with Gasteiger partial charge in [0.25, 0.3) is 0 Å². The maximum Gasteiger partial charge on any atom is 0.0972 e. The molecule has 0 unspecified atom stereocenters. The fourth-order valence-corrected chi connectivity index (χ4v) is 6.29. The fraction of sp³-hybridized carbons (Fsp3) is 0.0476. The van der Waals surface area contributed by atoms with Crippen LogP contribution in [0.2, 0.25) is 0 Å². The highest BCUT2D eigenvalue weighted by atomic mass is 14.8. The van der Waals surface area contributed by atoms with Crippen molar-refractivity contribution < 1.29 is 0 Å². The Kier molecular flexibility index (Phi) is 6.14. The van der Waals surface area contributed by atoms with Crippen LogP contribution in [0.3, 0.4) is 0 Å². The summed E-state index contributed by atoms with van der Waals surface area (Å²) in [6.07, 6.45) is 8.77. The van der Waals surface area contributed by atoms with E-state index < -0.39 is 0 Å². The van der Waals surface area contributed by atoms with Gasteiger partial charge in [-0.05, 0) is 54.8 Å². The predicted molar refractivity (Wildman–Crippen MR) is 188 cm³/mol. The highest BCUT2D eigenvalue weighted by Crippen LogP contribution is 2.31. The first-order chi connectivity index (χ1) is 22.8. The van der Waals surface area contributed by atoms with Crippen molar-refractivity contribution in [1.82, 2.24) is 19.9 Å². The van der Waals surface area contributed by atoms with E-state index in [1.807, 2.05) is 30.3 Å². The molecule has 1 aliphatic carbocycles. The van der Waals surface area contributed by atoms with Gasteiger partial charge in [0, 0.05) is 32.7 Å². The molecule has 0 radical (unpaired) electrons. The minimum atomic E-state index is 0.816. The van der Waals surface area contributed by atoms with Gasteiger partial charge in [-0.25, -0.2) is 19.9 Å². The molecule has 0 saturated carbocycles. The van der Waals surface area contributed by atoms with Crippen LogP contribution in [-0.4, -0.2) is 19.9 Å². The zero-order valence-electron chi connectivity index (χ0n) is 24.9. The van der Waals surface area contributed by atoms with Crippen molar-refractivity contribution in [1.29, 1.82) is 0 Å². The summed E-state index contributed by atoms with van der Waals surface area (Å²) in [5.74, 6) is 0.